The molecule has 0 saturated heterocycles. The summed E-state index contributed by atoms with van der Waals surface area (Å²) in [6.07, 6.45) is 6.09. The molecule has 2 heterocycles. The lowest BCUT2D eigenvalue weighted by Crippen LogP contribution is -2.48. The van der Waals surface area contributed by atoms with Gasteiger partial charge in [0.05, 0.1) is 5.02 Å². The first-order valence-corrected chi connectivity index (χ1v) is 16.0. The number of alkyl carbamates (subject to hydrolysis) is 1. The topological polar surface area (TPSA) is 164 Å². The SMILES string of the molecule is CC(C)(C)OC(=O)NCC1CCC(C(=O)N[C@@H](Cc2ccc(-c3cncc(Cl)c3)cc2)C(=O)Nc2ccc(-c3nn[nH]n3)cc2)CC1. The third-order valence-electron chi connectivity index (χ3n) is 7.97. The Labute approximate surface area is 278 Å². The van der Waals surface area contributed by atoms with E-state index in [1.54, 1.807) is 36.7 Å². The highest BCUT2D eigenvalue weighted by Crippen LogP contribution is 2.29. The minimum absolute atomic E-state index is 0.155. The highest BCUT2D eigenvalue weighted by atomic mass is 35.5. The van der Waals surface area contributed by atoms with Crippen LogP contribution < -0.4 is 16.0 Å². The molecule has 1 fully saturated rings. The minimum atomic E-state index is -0.815. The Morgan fingerprint density at radius 3 is 2.30 bits per heavy atom. The number of rotatable bonds is 10. The van der Waals surface area contributed by atoms with E-state index in [1.165, 1.54) is 0 Å². The van der Waals surface area contributed by atoms with E-state index in [2.05, 4.69) is 41.6 Å². The standard InChI is InChI=1S/C34H39ClN8O4/c1-34(2,3)47-33(46)37-18-22-6-10-25(11-7-22)31(44)39-29(16-21-4-8-23(9-5-21)26-17-27(35)20-36-19-26)32(45)38-28-14-12-24(13-15-28)30-40-42-43-41-30/h4-5,8-9,12-15,17,19-20,22,25,29H,6-7,10-11,16,18H2,1-3H3,(H,37,46)(H,38,45)(H,39,44)(H,40,41,42,43)/t22?,25?,29-/m0/s1. The second kappa shape index (κ2) is 15.2. The van der Waals surface area contributed by atoms with Crippen molar-refractivity contribution in [2.75, 3.05) is 11.9 Å². The smallest absolute Gasteiger partial charge is 0.407 e. The summed E-state index contributed by atoms with van der Waals surface area (Å²) in [6.45, 7) is 5.98. The zero-order valence-corrected chi connectivity index (χ0v) is 27.4. The van der Waals surface area contributed by atoms with Crippen LogP contribution in [0.5, 0.6) is 0 Å². The zero-order chi connectivity index (χ0) is 33.4. The Bertz CT molecular complexity index is 1650. The van der Waals surface area contributed by atoms with Crippen LogP contribution in [-0.2, 0) is 20.7 Å². The maximum atomic E-state index is 13.6. The molecule has 47 heavy (non-hydrogen) atoms. The van der Waals surface area contributed by atoms with Gasteiger partial charge in [-0.1, -0.05) is 35.9 Å². The lowest BCUT2D eigenvalue weighted by Gasteiger charge is -2.29. The van der Waals surface area contributed by atoms with E-state index in [0.717, 1.165) is 35.1 Å². The van der Waals surface area contributed by atoms with Gasteiger partial charge in [-0.2, -0.15) is 5.21 Å². The molecule has 1 aliphatic rings. The molecular formula is C34H39ClN8O4. The predicted octanol–water partition coefficient (Wildman–Crippen LogP) is 5.58. The summed E-state index contributed by atoms with van der Waals surface area (Å²) in [6, 6.07) is 15.9. The number of ether oxygens (including phenoxy) is 1. The van der Waals surface area contributed by atoms with Crippen molar-refractivity contribution in [3.63, 3.8) is 0 Å². The van der Waals surface area contributed by atoms with Crippen molar-refractivity contribution in [2.45, 2.75) is 64.5 Å². The van der Waals surface area contributed by atoms with Crippen molar-refractivity contribution in [3.8, 4) is 22.5 Å². The Hall–Kier alpha value is -4.84. The molecule has 5 rings (SSSR count). The number of pyridine rings is 1. The highest BCUT2D eigenvalue weighted by molar-refractivity contribution is 6.30. The summed E-state index contributed by atoms with van der Waals surface area (Å²) in [7, 11) is 0. The molecule has 3 amide bonds. The molecule has 0 aliphatic heterocycles. The molecule has 13 heteroatoms. The van der Waals surface area contributed by atoms with Crippen LogP contribution in [-0.4, -0.2) is 61.7 Å². The van der Waals surface area contributed by atoms with Gasteiger partial charge in [0.15, 0.2) is 0 Å². The summed E-state index contributed by atoms with van der Waals surface area (Å²) < 4.78 is 5.33. The van der Waals surface area contributed by atoms with Crippen molar-refractivity contribution in [2.24, 2.45) is 11.8 Å². The third kappa shape index (κ3) is 9.82. The van der Waals surface area contributed by atoms with Gasteiger partial charge in [0.25, 0.3) is 0 Å². The van der Waals surface area contributed by atoms with Crippen LogP contribution in [0.3, 0.4) is 0 Å². The summed E-state index contributed by atoms with van der Waals surface area (Å²) in [5.41, 5.74) is 3.46. The van der Waals surface area contributed by atoms with Crippen LogP contribution in [0.15, 0.2) is 67.0 Å². The van der Waals surface area contributed by atoms with Crippen molar-refractivity contribution < 1.29 is 19.1 Å². The van der Waals surface area contributed by atoms with Crippen LogP contribution >= 0.6 is 11.6 Å². The van der Waals surface area contributed by atoms with Crippen LogP contribution in [0.2, 0.25) is 5.02 Å². The van der Waals surface area contributed by atoms with Gasteiger partial charge in [-0.25, -0.2) is 4.79 Å². The Morgan fingerprint density at radius 1 is 0.957 bits per heavy atom. The number of aromatic amines is 1. The van der Waals surface area contributed by atoms with Crippen LogP contribution in [0.25, 0.3) is 22.5 Å². The van der Waals surface area contributed by atoms with Crippen molar-refractivity contribution in [3.05, 3.63) is 77.6 Å². The third-order valence-corrected chi connectivity index (χ3v) is 8.18. The van der Waals surface area contributed by atoms with Crippen LogP contribution in [0.4, 0.5) is 10.5 Å². The molecule has 12 nitrogen and oxygen atoms in total. The summed E-state index contributed by atoms with van der Waals surface area (Å²) in [5, 5.41) is 23.3. The number of carbonyl (C=O) groups is 3. The van der Waals surface area contributed by atoms with Crippen LogP contribution in [0.1, 0.15) is 52.0 Å². The minimum Gasteiger partial charge on any atom is -0.444 e. The first-order valence-electron chi connectivity index (χ1n) is 15.6. The van der Waals surface area contributed by atoms with E-state index in [4.69, 9.17) is 16.3 Å². The van der Waals surface area contributed by atoms with E-state index < -0.39 is 17.7 Å². The number of H-pyrrole nitrogens is 1. The molecule has 1 saturated carbocycles. The Balaban J connectivity index is 1.23. The number of benzene rings is 2. The number of nitrogens with zero attached hydrogens (tertiary/aromatic N) is 4. The number of anilines is 1. The predicted molar refractivity (Wildman–Crippen MR) is 178 cm³/mol. The van der Waals surface area contributed by atoms with Gasteiger partial charge in [-0.05, 0) is 99.0 Å². The lowest BCUT2D eigenvalue weighted by molar-refractivity contribution is -0.130. The maximum Gasteiger partial charge on any atom is 0.407 e. The molecule has 2 aromatic heterocycles. The number of hydrogen-bond acceptors (Lipinski definition) is 8. The maximum absolute atomic E-state index is 13.6. The summed E-state index contributed by atoms with van der Waals surface area (Å²) >= 11 is 6.12. The summed E-state index contributed by atoms with van der Waals surface area (Å²) in [5.74, 6) is -0.00788. The van der Waals surface area contributed by atoms with Gasteiger partial charge in [-0.3, -0.25) is 14.6 Å². The average molecular weight is 659 g/mol. The number of halogens is 1. The Kier molecular flexibility index (Phi) is 10.8. The molecule has 4 N–H and O–H groups in total. The van der Waals surface area contributed by atoms with Gasteiger partial charge in [0.1, 0.15) is 11.6 Å². The molecule has 0 bridgehead atoms. The number of hydrogen-bond donors (Lipinski definition) is 4. The zero-order valence-electron chi connectivity index (χ0n) is 26.6. The van der Waals surface area contributed by atoms with Gasteiger partial charge in [0.2, 0.25) is 17.6 Å². The number of aromatic nitrogens is 5. The van der Waals surface area contributed by atoms with Gasteiger partial charge in [0, 0.05) is 48.1 Å². The van der Waals surface area contributed by atoms with Crippen molar-refractivity contribution >= 4 is 35.2 Å². The molecule has 4 aromatic rings. The Morgan fingerprint density at radius 2 is 1.66 bits per heavy atom. The second-order valence-electron chi connectivity index (χ2n) is 12.8. The van der Waals surface area contributed by atoms with Gasteiger partial charge >= 0.3 is 6.09 Å². The van der Waals surface area contributed by atoms with E-state index in [-0.39, 0.29) is 23.7 Å². The summed E-state index contributed by atoms with van der Waals surface area (Å²) in [4.78, 5) is 43.4. The van der Waals surface area contributed by atoms with Gasteiger partial charge in [-0.15, -0.1) is 10.2 Å². The van der Waals surface area contributed by atoms with E-state index in [9.17, 15) is 14.4 Å². The fourth-order valence-electron chi connectivity index (χ4n) is 5.52. The van der Waals surface area contributed by atoms with E-state index in [1.807, 2.05) is 51.1 Å². The molecule has 1 atom stereocenters. The molecule has 0 unspecified atom stereocenters. The fourth-order valence-corrected chi connectivity index (χ4v) is 5.70. The van der Waals surface area contributed by atoms with Crippen molar-refractivity contribution in [1.82, 2.24) is 36.2 Å². The number of carbonyl (C=O) groups excluding carboxylic acids is 3. The number of nitrogens with one attached hydrogen (secondary N) is 4. The first-order chi connectivity index (χ1) is 22.5. The molecule has 2 aromatic carbocycles. The molecular weight excluding hydrogens is 620 g/mol. The van der Waals surface area contributed by atoms with Gasteiger partial charge < -0.3 is 20.7 Å². The normalized spacial score (nSPS) is 16.9. The molecule has 246 valence electrons. The largest absolute Gasteiger partial charge is 0.444 e. The lowest BCUT2D eigenvalue weighted by atomic mass is 9.81. The first kappa shape index (κ1) is 33.5. The molecule has 0 spiro atoms. The molecule has 1 aliphatic carbocycles. The van der Waals surface area contributed by atoms with Crippen molar-refractivity contribution in [1.29, 1.82) is 0 Å². The fraction of sp³-hybridized carbons (Fsp3) is 0.382. The van der Waals surface area contributed by atoms with Crippen LogP contribution in [0, 0.1) is 11.8 Å². The quantitative estimate of drug-likeness (QED) is 0.172. The highest BCUT2D eigenvalue weighted by Gasteiger charge is 2.30. The number of amides is 3. The monoisotopic (exact) mass is 658 g/mol. The number of tetrazole rings is 1. The van der Waals surface area contributed by atoms with E-state index in [0.29, 0.717) is 42.3 Å². The van der Waals surface area contributed by atoms with E-state index >= 15 is 0 Å². The average Bonchev–Trinajstić information content (AvgIpc) is 3.59. The molecule has 0 radical (unpaired) electrons. The second-order valence-corrected chi connectivity index (χ2v) is 13.2.